The normalized spacial score (nSPS) is 9.83. The summed E-state index contributed by atoms with van der Waals surface area (Å²) in [7, 11) is 0. The average Bonchev–Trinajstić information content (AvgIpc) is 2.08. The quantitative estimate of drug-likeness (QED) is 0.694. The van der Waals surface area contributed by atoms with Crippen molar-refractivity contribution in [3.05, 3.63) is 21.7 Å². The predicted octanol–water partition coefficient (Wildman–Crippen LogP) is 2.22. The first kappa shape index (κ1) is 9.16. The maximum Gasteiger partial charge on any atom is 0.156 e. The van der Waals surface area contributed by atoms with E-state index in [9.17, 15) is 4.79 Å². The molecule has 3 nitrogen and oxygen atoms in total. The van der Waals surface area contributed by atoms with Crippen LogP contribution >= 0.6 is 23.2 Å². The Kier molecular flexibility index (Phi) is 2.45. The third kappa shape index (κ3) is 1.33. The SMILES string of the molecule is O=Cc1cc(Cl)c(O)c(Cl)c1O. The zero-order valence-electron chi connectivity index (χ0n) is 5.71. The largest absolute Gasteiger partial charge is 0.505 e. The molecule has 0 aliphatic carbocycles. The lowest BCUT2D eigenvalue weighted by atomic mass is 10.2. The molecule has 0 radical (unpaired) electrons. The maximum absolute atomic E-state index is 10.3. The van der Waals surface area contributed by atoms with E-state index in [1.165, 1.54) is 0 Å². The Balaban J connectivity index is 3.49. The topological polar surface area (TPSA) is 57.5 Å². The molecule has 0 atom stereocenters. The van der Waals surface area contributed by atoms with Gasteiger partial charge in [0.15, 0.2) is 12.0 Å². The summed E-state index contributed by atoms with van der Waals surface area (Å²) in [6.45, 7) is 0. The van der Waals surface area contributed by atoms with Crippen LogP contribution in [0, 0.1) is 0 Å². The Morgan fingerprint density at radius 2 is 1.83 bits per heavy atom. The standard InChI is InChI=1S/C7H4Cl2O3/c8-4-1-3(2-10)6(11)5(9)7(4)12/h1-2,11-12H. The molecule has 12 heavy (non-hydrogen) atoms. The van der Waals surface area contributed by atoms with Crippen LogP contribution in [-0.2, 0) is 0 Å². The molecule has 0 fully saturated rings. The van der Waals surface area contributed by atoms with Gasteiger partial charge in [0.25, 0.3) is 0 Å². The van der Waals surface area contributed by atoms with E-state index < -0.39 is 11.5 Å². The Morgan fingerprint density at radius 3 is 2.33 bits per heavy atom. The zero-order chi connectivity index (χ0) is 9.30. The second kappa shape index (κ2) is 3.21. The van der Waals surface area contributed by atoms with Gasteiger partial charge >= 0.3 is 0 Å². The number of aldehydes is 1. The number of hydrogen-bond donors (Lipinski definition) is 2. The molecule has 0 spiro atoms. The molecule has 64 valence electrons. The molecule has 0 aliphatic rings. The highest BCUT2D eigenvalue weighted by Crippen LogP contribution is 2.40. The highest BCUT2D eigenvalue weighted by Gasteiger charge is 2.13. The van der Waals surface area contributed by atoms with Crippen LogP contribution in [-0.4, -0.2) is 16.5 Å². The number of phenolic OH excluding ortho intramolecular Hbond substituents is 2. The lowest BCUT2D eigenvalue weighted by Crippen LogP contribution is -1.83. The van der Waals surface area contributed by atoms with Gasteiger partial charge < -0.3 is 10.2 Å². The van der Waals surface area contributed by atoms with Gasteiger partial charge in [0, 0.05) is 0 Å². The molecule has 0 aliphatic heterocycles. The van der Waals surface area contributed by atoms with Gasteiger partial charge in [0.2, 0.25) is 0 Å². The van der Waals surface area contributed by atoms with Gasteiger partial charge in [-0.3, -0.25) is 4.79 Å². The number of phenols is 2. The van der Waals surface area contributed by atoms with Crippen molar-refractivity contribution in [2.75, 3.05) is 0 Å². The molecule has 0 unspecified atom stereocenters. The first-order valence-corrected chi connectivity index (χ1v) is 3.68. The molecule has 1 aromatic rings. The number of benzene rings is 1. The van der Waals surface area contributed by atoms with E-state index in [2.05, 4.69) is 0 Å². The van der Waals surface area contributed by atoms with Gasteiger partial charge in [-0.05, 0) is 6.07 Å². The molecule has 0 saturated carbocycles. The van der Waals surface area contributed by atoms with Crippen molar-refractivity contribution in [1.29, 1.82) is 0 Å². The molecule has 0 saturated heterocycles. The van der Waals surface area contributed by atoms with Crippen molar-refractivity contribution in [2.45, 2.75) is 0 Å². The van der Waals surface area contributed by atoms with Crippen molar-refractivity contribution >= 4 is 29.5 Å². The van der Waals surface area contributed by atoms with E-state index in [1.807, 2.05) is 0 Å². The molecule has 0 aromatic heterocycles. The number of halogens is 2. The van der Waals surface area contributed by atoms with E-state index in [1.54, 1.807) is 0 Å². The minimum atomic E-state index is -0.464. The van der Waals surface area contributed by atoms with Gasteiger partial charge in [0.1, 0.15) is 10.8 Å². The first-order valence-electron chi connectivity index (χ1n) is 2.93. The summed E-state index contributed by atoms with van der Waals surface area (Å²) >= 11 is 10.9. The van der Waals surface area contributed by atoms with E-state index in [4.69, 9.17) is 33.4 Å². The third-order valence-electron chi connectivity index (χ3n) is 1.32. The maximum atomic E-state index is 10.3. The summed E-state index contributed by atoms with van der Waals surface area (Å²) in [4.78, 5) is 10.3. The van der Waals surface area contributed by atoms with Crippen LogP contribution in [0.2, 0.25) is 10.0 Å². The van der Waals surface area contributed by atoms with Crippen LogP contribution in [0.25, 0.3) is 0 Å². The van der Waals surface area contributed by atoms with E-state index >= 15 is 0 Å². The van der Waals surface area contributed by atoms with Crippen LogP contribution in [0.3, 0.4) is 0 Å². The number of rotatable bonds is 1. The number of carbonyl (C=O) groups is 1. The lowest BCUT2D eigenvalue weighted by molar-refractivity contribution is 0.112. The van der Waals surface area contributed by atoms with Crippen LogP contribution in [0.5, 0.6) is 11.5 Å². The van der Waals surface area contributed by atoms with Gasteiger partial charge in [-0.15, -0.1) is 0 Å². The van der Waals surface area contributed by atoms with Crippen molar-refractivity contribution < 1.29 is 15.0 Å². The molecule has 1 rings (SSSR count). The van der Waals surface area contributed by atoms with Crippen molar-refractivity contribution in [3.8, 4) is 11.5 Å². The molecule has 5 heteroatoms. The molecular weight excluding hydrogens is 203 g/mol. The highest BCUT2D eigenvalue weighted by atomic mass is 35.5. The Bertz CT molecular complexity index is 336. The first-order chi connectivity index (χ1) is 5.57. The monoisotopic (exact) mass is 206 g/mol. The Morgan fingerprint density at radius 1 is 1.25 bits per heavy atom. The predicted molar refractivity (Wildman–Crippen MR) is 45.2 cm³/mol. The van der Waals surface area contributed by atoms with Gasteiger partial charge in [-0.1, -0.05) is 23.2 Å². The summed E-state index contributed by atoms with van der Waals surface area (Å²) < 4.78 is 0. The molecule has 0 heterocycles. The smallest absolute Gasteiger partial charge is 0.156 e. The van der Waals surface area contributed by atoms with Crippen molar-refractivity contribution in [2.24, 2.45) is 0 Å². The van der Waals surface area contributed by atoms with Crippen LogP contribution in [0.15, 0.2) is 6.07 Å². The zero-order valence-corrected chi connectivity index (χ0v) is 7.23. The average molecular weight is 207 g/mol. The van der Waals surface area contributed by atoms with E-state index in [0.717, 1.165) is 6.07 Å². The van der Waals surface area contributed by atoms with Crippen LogP contribution in [0.1, 0.15) is 10.4 Å². The Hall–Kier alpha value is -0.930. The molecule has 2 N–H and O–H groups in total. The molecule has 0 amide bonds. The minimum Gasteiger partial charge on any atom is -0.505 e. The van der Waals surface area contributed by atoms with Crippen LogP contribution in [0.4, 0.5) is 0 Å². The number of hydrogen-bond acceptors (Lipinski definition) is 3. The van der Waals surface area contributed by atoms with E-state index in [-0.39, 0.29) is 15.6 Å². The van der Waals surface area contributed by atoms with Crippen LogP contribution < -0.4 is 0 Å². The second-order valence-electron chi connectivity index (χ2n) is 2.08. The molecule has 0 bridgehead atoms. The summed E-state index contributed by atoms with van der Waals surface area (Å²) in [5.74, 6) is -0.894. The highest BCUT2D eigenvalue weighted by molar-refractivity contribution is 6.38. The summed E-state index contributed by atoms with van der Waals surface area (Å²) in [6, 6.07) is 1.13. The van der Waals surface area contributed by atoms with Crippen molar-refractivity contribution in [1.82, 2.24) is 0 Å². The fourth-order valence-electron chi connectivity index (χ4n) is 0.707. The van der Waals surface area contributed by atoms with Gasteiger partial charge in [-0.25, -0.2) is 0 Å². The molecular formula is C7H4Cl2O3. The fourth-order valence-corrected chi connectivity index (χ4v) is 1.18. The second-order valence-corrected chi connectivity index (χ2v) is 2.86. The third-order valence-corrected chi connectivity index (χ3v) is 1.97. The Labute approximate surface area is 78.2 Å². The lowest BCUT2D eigenvalue weighted by Gasteiger charge is -2.03. The fraction of sp³-hybridized carbons (Fsp3) is 0. The summed E-state index contributed by atoms with van der Waals surface area (Å²) in [6.07, 6.45) is 0.395. The van der Waals surface area contributed by atoms with Gasteiger partial charge in [-0.2, -0.15) is 0 Å². The van der Waals surface area contributed by atoms with Crippen molar-refractivity contribution in [3.63, 3.8) is 0 Å². The van der Waals surface area contributed by atoms with E-state index in [0.29, 0.717) is 6.29 Å². The minimum absolute atomic E-state index is 0.0530. The number of carbonyl (C=O) groups excluding carboxylic acids is 1. The number of aromatic hydroxyl groups is 2. The molecule has 1 aromatic carbocycles. The summed E-state index contributed by atoms with van der Waals surface area (Å²) in [5.41, 5.74) is -0.0530. The summed E-state index contributed by atoms with van der Waals surface area (Å²) in [5, 5.41) is 17.8. The van der Waals surface area contributed by atoms with Gasteiger partial charge in [0.05, 0.1) is 10.6 Å².